The van der Waals surface area contributed by atoms with Crippen LogP contribution in [0.3, 0.4) is 0 Å². The highest BCUT2D eigenvalue weighted by Crippen LogP contribution is 2.48. The van der Waals surface area contributed by atoms with Gasteiger partial charge in [0.2, 0.25) is 0 Å². The molecule has 0 N–H and O–H groups in total. The van der Waals surface area contributed by atoms with Crippen molar-refractivity contribution in [2.24, 2.45) is 4.99 Å². The number of benzene rings is 2. The van der Waals surface area contributed by atoms with E-state index in [4.69, 9.17) is 32.8 Å². The van der Waals surface area contributed by atoms with Crippen molar-refractivity contribution in [1.29, 1.82) is 0 Å². The van der Waals surface area contributed by atoms with Crippen LogP contribution in [0.1, 0.15) is 83.6 Å². The number of fused-ring (bicyclic) bond motifs is 1. The zero-order chi connectivity index (χ0) is 32.2. The third-order valence-electron chi connectivity index (χ3n) is 6.93. The predicted octanol–water partition coefficient (Wildman–Crippen LogP) is 8.65. The van der Waals surface area contributed by atoms with Crippen LogP contribution in [0, 0.1) is 0 Å². The summed E-state index contributed by atoms with van der Waals surface area (Å²) in [4.78, 5) is 4.70. The van der Waals surface area contributed by atoms with Crippen LogP contribution in [-0.2, 0) is 43.7 Å². The zero-order valence-electron chi connectivity index (χ0n) is 26.8. The lowest BCUT2D eigenvalue weighted by molar-refractivity contribution is -0.139. The van der Waals surface area contributed by atoms with Crippen LogP contribution in [0.2, 0.25) is 0 Å². The van der Waals surface area contributed by atoms with Crippen LogP contribution < -0.4 is 9.47 Å². The summed E-state index contributed by atoms with van der Waals surface area (Å²) < 4.78 is 77.4. The van der Waals surface area contributed by atoms with Gasteiger partial charge >= 0.3 is 14.8 Å². The Bertz CT molecular complexity index is 1290. The highest BCUT2D eigenvalue weighted by atomic mass is 31.2. The SMILES string of the molecule is CC1=NC(CCc2ccc(OCCCc3ccc4c(c3)CCO4)c(C(F)(F)F)c2)(COP(OC(C)(C)C)OC(C)(C)C)CO1. The van der Waals surface area contributed by atoms with Gasteiger partial charge < -0.3 is 27.8 Å². The maximum Gasteiger partial charge on any atom is 0.419 e. The van der Waals surface area contributed by atoms with Crippen molar-refractivity contribution in [3.63, 3.8) is 0 Å². The van der Waals surface area contributed by atoms with E-state index in [2.05, 4.69) is 6.07 Å². The molecule has 7 nitrogen and oxygen atoms in total. The van der Waals surface area contributed by atoms with Crippen LogP contribution in [0.25, 0.3) is 0 Å². The first kappa shape index (κ1) is 34.5. The number of aryl methyl sites for hydroxylation is 2. The monoisotopic (exact) mass is 639 g/mol. The molecule has 244 valence electrons. The Morgan fingerprint density at radius 1 is 0.909 bits per heavy atom. The van der Waals surface area contributed by atoms with Crippen LogP contribution in [0.15, 0.2) is 41.4 Å². The molecule has 0 amide bonds. The first-order chi connectivity index (χ1) is 20.5. The molecule has 44 heavy (non-hydrogen) atoms. The van der Waals surface area contributed by atoms with Crippen molar-refractivity contribution in [2.75, 3.05) is 26.4 Å². The molecule has 0 fully saturated rings. The minimum atomic E-state index is -4.55. The highest BCUT2D eigenvalue weighted by molar-refractivity contribution is 7.41. The molecule has 0 aromatic heterocycles. The third-order valence-corrected chi connectivity index (χ3v) is 8.66. The van der Waals surface area contributed by atoms with Gasteiger partial charge in [-0.2, -0.15) is 13.2 Å². The Labute approximate surface area is 260 Å². The van der Waals surface area contributed by atoms with Gasteiger partial charge in [0.05, 0.1) is 36.6 Å². The average molecular weight is 640 g/mol. The molecular weight excluding hydrogens is 594 g/mol. The summed E-state index contributed by atoms with van der Waals surface area (Å²) in [7, 11) is -1.71. The molecule has 11 heteroatoms. The zero-order valence-corrected chi connectivity index (χ0v) is 27.7. The molecule has 0 saturated heterocycles. The highest BCUT2D eigenvalue weighted by Gasteiger charge is 2.39. The number of rotatable bonds is 13. The van der Waals surface area contributed by atoms with Gasteiger partial charge in [-0.1, -0.05) is 18.2 Å². The minimum Gasteiger partial charge on any atom is -0.493 e. The first-order valence-electron chi connectivity index (χ1n) is 15.1. The van der Waals surface area contributed by atoms with E-state index >= 15 is 0 Å². The second kappa shape index (κ2) is 13.9. The second-order valence-electron chi connectivity index (χ2n) is 13.4. The molecule has 4 rings (SSSR count). The number of ether oxygens (including phenoxy) is 3. The molecule has 2 heterocycles. The van der Waals surface area contributed by atoms with E-state index in [1.165, 1.54) is 17.7 Å². The van der Waals surface area contributed by atoms with Crippen molar-refractivity contribution < 1.29 is 41.0 Å². The van der Waals surface area contributed by atoms with E-state index in [-0.39, 0.29) is 25.6 Å². The maximum atomic E-state index is 14.1. The quantitative estimate of drug-likeness (QED) is 0.162. The molecular formula is C33H45F3NO6P. The summed E-state index contributed by atoms with van der Waals surface area (Å²) >= 11 is 0. The first-order valence-corrected chi connectivity index (χ1v) is 16.2. The fourth-order valence-electron chi connectivity index (χ4n) is 4.91. The van der Waals surface area contributed by atoms with Crippen molar-refractivity contribution >= 4 is 14.5 Å². The summed E-state index contributed by atoms with van der Waals surface area (Å²) in [5, 5.41) is 0. The van der Waals surface area contributed by atoms with E-state index in [1.54, 1.807) is 13.0 Å². The van der Waals surface area contributed by atoms with Gasteiger partial charge in [0.1, 0.15) is 23.6 Å². The predicted molar refractivity (Wildman–Crippen MR) is 166 cm³/mol. The lowest BCUT2D eigenvalue weighted by Gasteiger charge is -2.32. The van der Waals surface area contributed by atoms with Gasteiger partial charge in [-0.05, 0) is 102 Å². The lowest BCUT2D eigenvalue weighted by atomic mass is 9.93. The molecule has 1 unspecified atom stereocenters. The van der Waals surface area contributed by atoms with Gasteiger partial charge in [-0.25, -0.2) is 4.99 Å². The molecule has 2 aromatic carbocycles. The van der Waals surface area contributed by atoms with Crippen molar-refractivity contribution in [3.8, 4) is 11.5 Å². The summed E-state index contributed by atoms with van der Waals surface area (Å²) in [6, 6.07) is 10.3. The van der Waals surface area contributed by atoms with Gasteiger partial charge in [-0.15, -0.1) is 0 Å². The van der Waals surface area contributed by atoms with Crippen molar-refractivity contribution in [1.82, 2.24) is 0 Å². The molecule has 1 atom stereocenters. The largest absolute Gasteiger partial charge is 0.493 e. The maximum absolute atomic E-state index is 14.1. The Balaban J connectivity index is 1.39. The lowest BCUT2D eigenvalue weighted by Crippen LogP contribution is -2.35. The van der Waals surface area contributed by atoms with E-state index in [0.29, 0.717) is 43.8 Å². The number of nitrogens with zero attached hydrogens (tertiary/aromatic N) is 1. The van der Waals surface area contributed by atoms with Gasteiger partial charge in [0, 0.05) is 13.3 Å². The van der Waals surface area contributed by atoms with Crippen LogP contribution in [0.4, 0.5) is 13.2 Å². The Morgan fingerprint density at radius 2 is 1.59 bits per heavy atom. The summed E-state index contributed by atoms with van der Waals surface area (Å²) in [5.74, 6) is 1.26. The van der Waals surface area contributed by atoms with Crippen LogP contribution in [-0.4, -0.2) is 49.1 Å². The molecule has 2 aliphatic rings. The number of hydrogen-bond acceptors (Lipinski definition) is 7. The topological polar surface area (TPSA) is 67.7 Å². The molecule has 0 spiro atoms. The normalized spacial score (nSPS) is 18.7. The third kappa shape index (κ3) is 10.3. The number of halogens is 3. The second-order valence-corrected chi connectivity index (χ2v) is 14.4. The molecule has 2 aromatic rings. The van der Waals surface area contributed by atoms with Crippen LogP contribution >= 0.6 is 8.60 Å². The summed E-state index contributed by atoms with van der Waals surface area (Å²) in [6.07, 6.45) is -1.61. The number of aliphatic imine (C=N–C) groups is 1. The Morgan fingerprint density at radius 3 is 2.23 bits per heavy atom. The molecule has 0 radical (unpaired) electrons. The molecule has 0 bridgehead atoms. The summed E-state index contributed by atoms with van der Waals surface area (Å²) in [5.41, 5.74) is 0.285. The molecule has 0 aliphatic carbocycles. The van der Waals surface area contributed by atoms with E-state index < -0.39 is 37.1 Å². The standard InChI is InChI=1S/C33H45F3NO6P/c1-23-37-32(21-40-23,22-41-44(42-30(2,3)4)43-31(5,6)7)16-14-25-11-13-29(27(20-25)33(34,35)36)38-17-8-9-24-10-12-28-26(19-24)15-18-39-28/h10-13,19-20H,8-9,14-18,21-22H2,1-7H3. The number of hydrogen-bond donors (Lipinski definition) is 0. The summed E-state index contributed by atoms with van der Waals surface area (Å²) in [6.45, 7) is 14.6. The molecule has 2 aliphatic heterocycles. The Hall–Kier alpha value is -2.39. The van der Waals surface area contributed by atoms with E-state index in [1.807, 2.05) is 53.7 Å². The Kier molecular flexibility index (Phi) is 10.9. The number of alkyl halides is 3. The van der Waals surface area contributed by atoms with E-state index in [0.717, 1.165) is 17.7 Å². The van der Waals surface area contributed by atoms with Crippen molar-refractivity contribution in [3.05, 3.63) is 58.7 Å². The fraction of sp³-hybridized carbons (Fsp3) is 0.606. The minimum absolute atomic E-state index is 0.146. The van der Waals surface area contributed by atoms with Crippen LogP contribution in [0.5, 0.6) is 11.5 Å². The van der Waals surface area contributed by atoms with Gasteiger partial charge in [0.25, 0.3) is 0 Å². The van der Waals surface area contributed by atoms with Gasteiger partial charge in [0.15, 0.2) is 5.90 Å². The van der Waals surface area contributed by atoms with E-state index in [9.17, 15) is 13.2 Å². The molecule has 0 saturated carbocycles. The fourth-order valence-corrected chi connectivity index (χ4v) is 6.30. The smallest absolute Gasteiger partial charge is 0.419 e. The van der Waals surface area contributed by atoms with Crippen molar-refractivity contribution in [2.45, 2.75) is 103 Å². The van der Waals surface area contributed by atoms with Gasteiger partial charge in [-0.3, -0.25) is 0 Å². The average Bonchev–Trinajstić information content (AvgIpc) is 3.53.